The second kappa shape index (κ2) is 13.7. The Hall–Kier alpha value is -4.36. The molecule has 0 fully saturated rings. The number of amides is 2. The van der Waals surface area contributed by atoms with Gasteiger partial charge in [0, 0.05) is 40.6 Å². The maximum absolute atomic E-state index is 13.0. The van der Waals surface area contributed by atoms with E-state index in [0.29, 0.717) is 58.9 Å². The predicted octanol–water partition coefficient (Wildman–Crippen LogP) is 5.99. The molecule has 2 heterocycles. The topological polar surface area (TPSA) is 150 Å². The number of benzene rings is 2. The molecule has 13 heteroatoms. The predicted molar refractivity (Wildman–Crippen MR) is 165 cm³/mol. The standard InChI is InChI=1S/C30H36N6O6S/c1-7-22(28(37)38)36-26(16-25(35-36)30(2,3)4)34-29(39)33-18-9-8-10-19(13-18)43-27-20-14-23(41-6)24(42-12-11-40-5)15-21(20)31-17-32-27/h8-10,13-17,22H,7,11-12H2,1-6H3,(H,37,38)(H2,33,34,39). The summed E-state index contributed by atoms with van der Waals surface area (Å²) in [6.45, 7) is 8.50. The number of nitrogens with one attached hydrogen (secondary N) is 2. The fourth-order valence-corrected chi connectivity index (χ4v) is 5.13. The van der Waals surface area contributed by atoms with Crippen LogP contribution >= 0.6 is 11.8 Å². The van der Waals surface area contributed by atoms with Gasteiger partial charge in [-0.3, -0.25) is 5.32 Å². The summed E-state index contributed by atoms with van der Waals surface area (Å²) in [6.07, 6.45) is 1.79. The van der Waals surface area contributed by atoms with Crippen molar-refractivity contribution < 1.29 is 28.9 Å². The number of nitrogens with zero attached hydrogens (tertiary/aromatic N) is 4. The monoisotopic (exact) mass is 608 g/mol. The van der Waals surface area contributed by atoms with Crippen molar-refractivity contribution in [3.05, 3.63) is 54.5 Å². The lowest BCUT2D eigenvalue weighted by atomic mass is 9.92. The molecule has 0 saturated heterocycles. The smallest absolute Gasteiger partial charge is 0.328 e. The molecule has 0 aliphatic carbocycles. The molecule has 12 nitrogen and oxygen atoms in total. The number of aromatic nitrogens is 4. The second-order valence-electron chi connectivity index (χ2n) is 10.6. The van der Waals surface area contributed by atoms with E-state index >= 15 is 0 Å². The third-order valence-corrected chi connectivity index (χ3v) is 7.46. The molecular weight excluding hydrogens is 572 g/mol. The molecule has 3 N–H and O–H groups in total. The van der Waals surface area contributed by atoms with E-state index in [1.807, 2.05) is 45.0 Å². The summed E-state index contributed by atoms with van der Waals surface area (Å²) in [5.74, 6) is 0.385. The number of aliphatic carboxylic acids is 1. The van der Waals surface area contributed by atoms with Crippen molar-refractivity contribution in [3.8, 4) is 11.5 Å². The first-order valence-corrected chi connectivity index (χ1v) is 14.5. The highest BCUT2D eigenvalue weighted by Crippen LogP contribution is 2.38. The van der Waals surface area contributed by atoms with Crippen LogP contribution in [0.3, 0.4) is 0 Å². The number of carbonyl (C=O) groups excluding carboxylic acids is 1. The Morgan fingerprint density at radius 3 is 2.51 bits per heavy atom. The van der Waals surface area contributed by atoms with Gasteiger partial charge in [0.2, 0.25) is 0 Å². The third-order valence-electron chi connectivity index (χ3n) is 6.45. The first-order chi connectivity index (χ1) is 20.5. The summed E-state index contributed by atoms with van der Waals surface area (Å²) in [7, 11) is 3.18. The fourth-order valence-electron chi connectivity index (χ4n) is 4.20. The lowest BCUT2D eigenvalue weighted by Gasteiger charge is -2.16. The van der Waals surface area contributed by atoms with Gasteiger partial charge in [0.25, 0.3) is 0 Å². The van der Waals surface area contributed by atoms with Crippen molar-refractivity contribution in [1.29, 1.82) is 0 Å². The van der Waals surface area contributed by atoms with Crippen LogP contribution in [-0.2, 0) is 14.9 Å². The molecule has 4 rings (SSSR count). The van der Waals surface area contributed by atoms with Gasteiger partial charge in [0.15, 0.2) is 17.5 Å². The zero-order valence-electron chi connectivity index (χ0n) is 25.0. The van der Waals surface area contributed by atoms with Crippen molar-refractivity contribution in [2.45, 2.75) is 55.5 Å². The number of carbonyl (C=O) groups is 2. The molecule has 0 spiro atoms. The Morgan fingerprint density at radius 2 is 1.84 bits per heavy atom. The van der Waals surface area contributed by atoms with E-state index in [2.05, 4.69) is 25.7 Å². The summed E-state index contributed by atoms with van der Waals surface area (Å²) < 4.78 is 17.8. The molecule has 2 amide bonds. The molecule has 1 unspecified atom stereocenters. The van der Waals surface area contributed by atoms with Crippen LogP contribution in [0.1, 0.15) is 45.9 Å². The zero-order chi connectivity index (χ0) is 31.1. The molecule has 2 aromatic heterocycles. The Balaban J connectivity index is 1.54. The van der Waals surface area contributed by atoms with E-state index in [1.165, 1.54) is 22.8 Å². The Morgan fingerprint density at radius 1 is 1.05 bits per heavy atom. The van der Waals surface area contributed by atoms with Gasteiger partial charge < -0.3 is 24.6 Å². The summed E-state index contributed by atoms with van der Waals surface area (Å²) in [4.78, 5) is 34.6. The Kier molecular flexibility index (Phi) is 10.1. The number of urea groups is 1. The van der Waals surface area contributed by atoms with E-state index in [-0.39, 0.29) is 5.41 Å². The quantitative estimate of drug-likeness (QED) is 0.129. The van der Waals surface area contributed by atoms with Gasteiger partial charge in [-0.05, 0) is 30.7 Å². The highest BCUT2D eigenvalue weighted by atomic mass is 32.2. The van der Waals surface area contributed by atoms with Crippen LogP contribution in [0.4, 0.5) is 16.3 Å². The summed E-state index contributed by atoms with van der Waals surface area (Å²) in [6, 6.07) is 11.2. The van der Waals surface area contributed by atoms with Gasteiger partial charge in [-0.25, -0.2) is 24.2 Å². The minimum Gasteiger partial charge on any atom is -0.493 e. The van der Waals surface area contributed by atoms with Gasteiger partial charge >= 0.3 is 12.0 Å². The van der Waals surface area contributed by atoms with E-state index in [1.54, 1.807) is 39.3 Å². The van der Waals surface area contributed by atoms with Crippen molar-refractivity contribution in [1.82, 2.24) is 19.7 Å². The molecule has 0 bridgehead atoms. The number of methoxy groups -OCH3 is 2. The number of rotatable bonds is 12. The normalized spacial score (nSPS) is 12.1. The number of hydrogen-bond acceptors (Lipinski definition) is 9. The number of hydrogen-bond donors (Lipinski definition) is 3. The van der Waals surface area contributed by atoms with Crippen molar-refractivity contribution in [3.63, 3.8) is 0 Å². The van der Waals surface area contributed by atoms with Gasteiger partial charge in [0.1, 0.15) is 23.8 Å². The van der Waals surface area contributed by atoms with Gasteiger partial charge in [-0.1, -0.05) is 45.5 Å². The van der Waals surface area contributed by atoms with Crippen LogP contribution in [0.5, 0.6) is 11.5 Å². The Bertz CT molecular complexity index is 1600. The van der Waals surface area contributed by atoms with Crippen LogP contribution in [-0.4, -0.2) is 64.3 Å². The van der Waals surface area contributed by atoms with E-state index in [0.717, 1.165) is 10.3 Å². The molecule has 0 aliphatic heterocycles. The molecule has 1 atom stereocenters. The highest BCUT2D eigenvalue weighted by molar-refractivity contribution is 7.99. The van der Waals surface area contributed by atoms with Crippen molar-refractivity contribution in [2.75, 3.05) is 38.1 Å². The molecule has 4 aromatic rings. The molecule has 228 valence electrons. The zero-order valence-corrected chi connectivity index (χ0v) is 25.8. The molecule has 2 aromatic carbocycles. The van der Waals surface area contributed by atoms with Crippen LogP contribution in [0.2, 0.25) is 0 Å². The molecular formula is C30H36N6O6S. The number of fused-ring (bicyclic) bond motifs is 1. The molecule has 0 aliphatic rings. The number of ether oxygens (including phenoxy) is 3. The van der Waals surface area contributed by atoms with Gasteiger partial charge in [0.05, 0.1) is 24.9 Å². The van der Waals surface area contributed by atoms with E-state index < -0.39 is 18.0 Å². The van der Waals surface area contributed by atoms with Crippen LogP contribution in [0, 0.1) is 0 Å². The number of carboxylic acid groups (broad SMARTS) is 1. The maximum atomic E-state index is 13.0. The molecule has 0 saturated carbocycles. The SMILES string of the molecule is CCC(C(=O)O)n1nc(C(C)(C)C)cc1NC(=O)Nc1cccc(Sc2ncnc3cc(OCCOC)c(OC)cc23)c1. The largest absolute Gasteiger partial charge is 0.493 e. The van der Waals surface area contributed by atoms with Crippen LogP contribution < -0.4 is 20.1 Å². The lowest BCUT2D eigenvalue weighted by molar-refractivity contribution is -0.141. The summed E-state index contributed by atoms with van der Waals surface area (Å²) in [5, 5.41) is 21.3. The van der Waals surface area contributed by atoms with E-state index in [9.17, 15) is 14.7 Å². The van der Waals surface area contributed by atoms with E-state index in [4.69, 9.17) is 14.2 Å². The van der Waals surface area contributed by atoms with Crippen LogP contribution in [0.25, 0.3) is 10.9 Å². The average molecular weight is 609 g/mol. The number of anilines is 2. The van der Waals surface area contributed by atoms with Crippen LogP contribution in [0.15, 0.2) is 58.7 Å². The summed E-state index contributed by atoms with van der Waals surface area (Å²) >= 11 is 1.41. The average Bonchev–Trinajstić information content (AvgIpc) is 3.37. The second-order valence-corrected chi connectivity index (χ2v) is 11.7. The first kappa shape index (κ1) is 31.6. The fraction of sp³-hybridized carbons (Fsp3) is 0.367. The number of carboxylic acids is 1. The van der Waals surface area contributed by atoms with Gasteiger partial charge in [-0.15, -0.1) is 0 Å². The Labute approximate surface area is 254 Å². The first-order valence-electron chi connectivity index (χ1n) is 13.7. The minimum atomic E-state index is -1.02. The van der Waals surface area contributed by atoms with Gasteiger partial charge in [-0.2, -0.15) is 5.10 Å². The summed E-state index contributed by atoms with van der Waals surface area (Å²) in [5.41, 5.74) is 1.56. The van der Waals surface area contributed by atoms with Crippen molar-refractivity contribution >= 4 is 46.2 Å². The molecule has 0 radical (unpaired) electrons. The highest BCUT2D eigenvalue weighted by Gasteiger charge is 2.27. The van der Waals surface area contributed by atoms with Crippen molar-refractivity contribution in [2.24, 2.45) is 0 Å². The third kappa shape index (κ3) is 7.73. The lowest BCUT2D eigenvalue weighted by Crippen LogP contribution is -2.26. The maximum Gasteiger partial charge on any atom is 0.328 e. The minimum absolute atomic E-state index is 0.300. The molecule has 43 heavy (non-hydrogen) atoms.